The standard InChI is InChI=1S/C26H14F2O6/c27-19-6-16(5-18(8-19)26(32)33)22-10-14(1-3-24(22)30)15-2-4-25(31)23(11-15)17-7-20(28)12-21(9-17)34-13-29/h1-13H,(H,32,33)/b15-14+. The summed E-state index contributed by atoms with van der Waals surface area (Å²) in [6, 6.07) is 6.55. The Balaban J connectivity index is 1.82. The molecule has 1 N–H and O–H groups in total. The van der Waals surface area contributed by atoms with Crippen LogP contribution in [-0.4, -0.2) is 29.1 Å². The molecule has 2 aromatic carbocycles. The molecule has 6 nitrogen and oxygen atoms in total. The van der Waals surface area contributed by atoms with Gasteiger partial charge >= 0.3 is 5.97 Å². The van der Waals surface area contributed by atoms with Crippen molar-refractivity contribution in [2.75, 3.05) is 0 Å². The molecule has 4 rings (SSSR count). The van der Waals surface area contributed by atoms with Crippen molar-refractivity contribution < 1.29 is 37.8 Å². The number of carboxylic acid groups (broad SMARTS) is 1. The van der Waals surface area contributed by atoms with Crippen molar-refractivity contribution in [1.29, 1.82) is 0 Å². The average Bonchev–Trinajstić information content (AvgIpc) is 2.79. The molecule has 0 fully saturated rings. The number of allylic oxidation sites excluding steroid dienone is 10. The van der Waals surface area contributed by atoms with E-state index in [2.05, 4.69) is 4.74 Å². The van der Waals surface area contributed by atoms with Gasteiger partial charge in [-0.25, -0.2) is 13.6 Å². The van der Waals surface area contributed by atoms with Crippen LogP contribution >= 0.6 is 0 Å². The van der Waals surface area contributed by atoms with E-state index in [-0.39, 0.29) is 40.1 Å². The highest BCUT2D eigenvalue weighted by molar-refractivity contribution is 6.29. The first-order valence-electron chi connectivity index (χ1n) is 9.83. The van der Waals surface area contributed by atoms with Crippen molar-refractivity contribution in [3.05, 3.63) is 112 Å². The fourth-order valence-corrected chi connectivity index (χ4v) is 3.58. The van der Waals surface area contributed by atoms with Crippen LogP contribution in [0.1, 0.15) is 21.5 Å². The van der Waals surface area contributed by atoms with Gasteiger partial charge in [0.2, 0.25) is 0 Å². The molecule has 0 radical (unpaired) electrons. The smallest absolute Gasteiger partial charge is 0.335 e. The Labute approximate surface area is 191 Å². The minimum absolute atomic E-state index is 0.0691. The lowest BCUT2D eigenvalue weighted by Gasteiger charge is -2.15. The molecular formula is C26H14F2O6. The van der Waals surface area contributed by atoms with Crippen molar-refractivity contribution in [2.45, 2.75) is 0 Å². The van der Waals surface area contributed by atoms with Crippen LogP contribution in [-0.2, 0) is 14.4 Å². The van der Waals surface area contributed by atoms with Crippen LogP contribution in [0.25, 0.3) is 11.1 Å². The number of halogens is 2. The van der Waals surface area contributed by atoms with Crippen molar-refractivity contribution in [3.8, 4) is 5.75 Å². The average molecular weight is 460 g/mol. The highest BCUT2D eigenvalue weighted by Gasteiger charge is 2.21. The molecule has 0 heterocycles. The fraction of sp³-hybridized carbons (Fsp3) is 0. The number of carbonyl (C=O) groups is 4. The van der Waals surface area contributed by atoms with Gasteiger partial charge in [-0.15, -0.1) is 0 Å². The molecular weight excluding hydrogens is 446 g/mol. The van der Waals surface area contributed by atoms with Crippen molar-refractivity contribution in [1.82, 2.24) is 0 Å². The number of rotatable bonds is 5. The molecule has 34 heavy (non-hydrogen) atoms. The predicted octanol–water partition coefficient (Wildman–Crippen LogP) is 4.24. The zero-order valence-electron chi connectivity index (χ0n) is 17.2. The van der Waals surface area contributed by atoms with Gasteiger partial charge in [0.15, 0.2) is 11.6 Å². The number of aromatic carboxylic acids is 1. The summed E-state index contributed by atoms with van der Waals surface area (Å²) >= 11 is 0. The Kier molecular flexibility index (Phi) is 5.97. The normalized spacial score (nSPS) is 17.4. The maximum absolute atomic E-state index is 14.0. The summed E-state index contributed by atoms with van der Waals surface area (Å²) in [5, 5.41) is 9.19. The van der Waals surface area contributed by atoms with Crippen LogP contribution in [0.3, 0.4) is 0 Å². The van der Waals surface area contributed by atoms with Crippen LogP contribution in [0.2, 0.25) is 0 Å². The third kappa shape index (κ3) is 4.56. The number of carbonyl (C=O) groups excluding carboxylic acids is 3. The fourth-order valence-electron chi connectivity index (χ4n) is 3.58. The quantitative estimate of drug-likeness (QED) is 0.671. The summed E-state index contributed by atoms with van der Waals surface area (Å²) < 4.78 is 32.7. The third-order valence-corrected chi connectivity index (χ3v) is 5.11. The summed E-state index contributed by atoms with van der Waals surface area (Å²) in [5.74, 6) is -3.80. The largest absolute Gasteiger partial charge is 0.478 e. The van der Waals surface area contributed by atoms with Crippen molar-refractivity contribution in [2.24, 2.45) is 0 Å². The lowest BCUT2D eigenvalue weighted by molar-refractivity contribution is -0.120. The molecule has 0 spiro atoms. The minimum Gasteiger partial charge on any atom is -0.478 e. The van der Waals surface area contributed by atoms with Gasteiger partial charge in [-0.05, 0) is 76.9 Å². The Morgan fingerprint density at radius 3 is 1.82 bits per heavy atom. The highest BCUT2D eigenvalue weighted by Crippen LogP contribution is 2.31. The Morgan fingerprint density at radius 2 is 1.29 bits per heavy atom. The Bertz CT molecular complexity index is 1420. The van der Waals surface area contributed by atoms with Crippen LogP contribution in [0.4, 0.5) is 8.78 Å². The van der Waals surface area contributed by atoms with E-state index >= 15 is 0 Å². The van der Waals surface area contributed by atoms with Crippen LogP contribution in [0.5, 0.6) is 5.75 Å². The zero-order valence-corrected chi connectivity index (χ0v) is 17.2. The van der Waals surface area contributed by atoms with E-state index in [1.54, 1.807) is 0 Å². The van der Waals surface area contributed by atoms with Gasteiger partial charge in [0.1, 0.15) is 17.4 Å². The van der Waals surface area contributed by atoms with E-state index in [9.17, 15) is 33.1 Å². The van der Waals surface area contributed by atoms with Gasteiger partial charge in [0.25, 0.3) is 6.47 Å². The number of hydrogen-bond donors (Lipinski definition) is 1. The lowest BCUT2D eigenvalue weighted by atomic mass is 9.88. The van der Waals surface area contributed by atoms with Crippen LogP contribution in [0.15, 0.2) is 84.0 Å². The first kappa shape index (κ1) is 22.5. The summed E-state index contributed by atoms with van der Waals surface area (Å²) in [6.45, 7) is 0.140. The number of ketones is 2. The zero-order chi connectivity index (χ0) is 24.4. The highest BCUT2D eigenvalue weighted by atomic mass is 19.1. The molecule has 0 saturated carbocycles. The SMILES string of the molecule is O=COc1cc(F)cc(C2=C/C(=C3\C=CC(=O)C(c4cc(F)cc(C(=O)O)c4)=C3)C=CC2=O)c1. The maximum atomic E-state index is 14.0. The molecule has 0 amide bonds. The first-order valence-corrected chi connectivity index (χ1v) is 9.83. The summed E-state index contributed by atoms with van der Waals surface area (Å²) in [4.78, 5) is 46.8. The summed E-state index contributed by atoms with van der Waals surface area (Å²) in [5.41, 5.74) is 1.13. The van der Waals surface area contributed by atoms with Gasteiger partial charge in [-0.2, -0.15) is 0 Å². The second kappa shape index (κ2) is 9.03. The molecule has 2 aliphatic carbocycles. The number of hydrogen-bond acceptors (Lipinski definition) is 5. The second-order valence-corrected chi connectivity index (χ2v) is 7.35. The molecule has 2 aliphatic rings. The predicted molar refractivity (Wildman–Crippen MR) is 118 cm³/mol. The monoisotopic (exact) mass is 460 g/mol. The van der Waals surface area contributed by atoms with Crippen molar-refractivity contribution in [3.63, 3.8) is 0 Å². The Hall–Kier alpha value is -4.72. The third-order valence-electron chi connectivity index (χ3n) is 5.11. The Morgan fingerprint density at radius 1 is 0.765 bits per heavy atom. The molecule has 0 unspecified atom stereocenters. The van der Waals surface area contributed by atoms with Gasteiger partial charge in [0.05, 0.1) is 5.56 Å². The molecule has 8 heteroatoms. The first-order chi connectivity index (χ1) is 16.2. The molecule has 168 valence electrons. The lowest BCUT2D eigenvalue weighted by Crippen LogP contribution is -2.08. The molecule has 0 aromatic heterocycles. The number of carboxylic acids is 1. The van der Waals surface area contributed by atoms with Crippen molar-refractivity contribution >= 4 is 35.2 Å². The molecule has 0 saturated heterocycles. The van der Waals surface area contributed by atoms with E-state index < -0.39 is 29.2 Å². The molecule has 0 aliphatic heterocycles. The van der Waals surface area contributed by atoms with E-state index in [0.717, 1.165) is 24.3 Å². The molecule has 0 bridgehead atoms. The van der Waals surface area contributed by atoms with E-state index in [0.29, 0.717) is 11.1 Å². The van der Waals surface area contributed by atoms with E-state index in [1.807, 2.05) is 0 Å². The second-order valence-electron chi connectivity index (χ2n) is 7.35. The van der Waals surface area contributed by atoms with Crippen LogP contribution in [0, 0.1) is 11.6 Å². The van der Waals surface area contributed by atoms with Gasteiger partial charge in [-0.3, -0.25) is 14.4 Å². The van der Waals surface area contributed by atoms with Gasteiger partial charge in [-0.1, -0.05) is 12.2 Å². The van der Waals surface area contributed by atoms with E-state index in [1.165, 1.54) is 48.6 Å². The number of ether oxygens (including phenoxy) is 1. The maximum Gasteiger partial charge on any atom is 0.335 e. The minimum atomic E-state index is -1.34. The van der Waals surface area contributed by atoms with E-state index in [4.69, 9.17) is 0 Å². The molecule has 2 aromatic rings. The number of benzene rings is 2. The van der Waals surface area contributed by atoms with Gasteiger partial charge in [0, 0.05) is 17.2 Å². The van der Waals surface area contributed by atoms with Gasteiger partial charge < -0.3 is 9.84 Å². The molecule has 0 atom stereocenters. The summed E-state index contributed by atoms with van der Waals surface area (Å²) in [7, 11) is 0. The topological polar surface area (TPSA) is 97.7 Å². The van der Waals surface area contributed by atoms with Crippen LogP contribution < -0.4 is 4.74 Å². The summed E-state index contributed by atoms with van der Waals surface area (Å²) in [6.07, 6.45) is 8.47.